The van der Waals surface area contributed by atoms with Crippen LogP contribution >= 0.6 is 0 Å². The van der Waals surface area contributed by atoms with E-state index in [0.717, 1.165) is 38.5 Å². The van der Waals surface area contributed by atoms with E-state index in [1.807, 2.05) is 96.9 Å². The van der Waals surface area contributed by atoms with Gasteiger partial charge in [0.05, 0.1) is 44.8 Å². The summed E-state index contributed by atoms with van der Waals surface area (Å²) in [4.78, 5) is 11.1. The molecule has 4 saturated heterocycles. The molecule has 15 nitrogen and oxygen atoms in total. The van der Waals surface area contributed by atoms with Crippen LogP contribution in [0.1, 0.15) is 285 Å². The van der Waals surface area contributed by atoms with Gasteiger partial charge in [0.15, 0.2) is 0 Å². The van der Waals surface area contributed by atoms with Crippen LogP contribution in [0.3, 0.4) is 0 Å². The number of Topliss-reactive ketones (excluding diaryl/α,β-unsaturated/α-hetero) is 1. The van der Waals surface area contributed by atoms with Gasteiger partial charge in [-0.1, -0.05) is 116 Å². The second-order valence-corrected chi connectivity index (χ2v) is 40.6. The van der Waals surface area contributed by atoms with Gasteiger partial charge in [-0.05, 0) is 235 Å². The van der Waals surface area contributed by atoms with Crippen LogP contribution in [0.4, 0.5) is 26.3 Å². The van der Waals surface area contributed by atoms with Gasteiger partial charge in [0.2, 0.25) is 0 Å². The van der Waals surface area contributed by atoms with E-state index < -0.39 is 45.3 Å². The number of allylic oxidation sites excluding steroid dienone is 8. The fraction of sp³-hybridized carbons (Fsp3) is 0.873. The third-order valence-corrected chi connectivity index (χ3v) is 23.1. The van der Waals surface area contributed by atoms with Gasteiger partial charge in [-0.3, -0.25) is 4.79 Å². The van der Waals surface area contributed by atoms with Gasteiger partial charge in [0.25, 0.3) is 0 Å². The maximum absolute atomic E-state index is 12.1. The lowest BCUT2D eigenvalue weighted by atomic mass is 9.49. The molecule has 4 heterocycles. The van der Waals surface area contributed by atoms with Gasteiger partial charge >= 0.3 is 59.5 Å². The largest absolute Gasteiger partial charge is 0.534 e. The molecule has 0 radical (unpaired) electrons. The van der Waals surface area contributed by atoms with E-state index >= 15 is 0 Å². The molecule has 27 heteroatoms. The zero-order valence-electron chi connectivity index (χ0n) is 65.5. The van der Waals surface area contributed by atoms with Crippen LogP contribution in [-0.4, -0.2) is 107 Å². The highest BCUT2D eigenvalue weighted by atomic mass is 32.2. The van der Waals surface area contributed by atoms with Gasteiger partial charge in [0, 0.05) is 25.7 Å². The van der Waals surface area contributed by atoms with E-state index in [4.69, 9.17) is 37.2 Å². The van der Waals surface area contributed by atoms with Crippen LogP contribution < -0.4 is 0 Å². The van der Waals surface area contributed by atoms with Crippen molar-refractivity contribution in [3.63, 3.8) is 0 Å². The van der Waals surface area contributed by atoms with Crippen molar-refractivity contribution in [3.8, 4) is 0 Å². The summed E-state index contributed by atoms with van der Waals surface area (Å²) in [6, 6.07) is 0. The molecule has 9 aliphatic rings. The van der Waals surface area contributed by atoms with Gasteiger partial charge in [-0.2, -0.15) is 43.2 Å². The van der Waals surface area contributed by atoms with Crippen LogP contribution in [-0.2, 0) is 70.6 Å². The predicted octanol–water partition coefficient (Wildman–Crippen LogP) is 19.0. The Bertz CT molecular complexity index is 3050. The van der Waals surface area contributed by atoms with E-state index in [2.05, 4.69) is 138 Å². The molecule has 0 aromatic rings. The molecule has 5 fully saturated rings. The van der Waals surface area contributed by atoms with Gasteiger partial charge in [0.1, 0.15) is 17.3 Å². The minimum absolute atomic E-state index is 0.00261. The molecule has 9 rings (SSSR count). The molecule has 0 aromatic carbocycles. The Hall–Kier alpha value is -2.35. The molecule has 564 valence electrons. The Morgan fingerprint density at radius 2 is 0.684 bits per heavy atom. The summed E-state index contributed by atoms with van der Waals surface area (Å²) in [7, 11) is -12.3. The molecule has 0 aromatic heterocycles. The highest BCUT2D eigenvalue weighted by Crippen LogP contribution is 2.49. The van der Waals surface area contributed by atoms with Crippen molar-refractivity contribution in [2.75, 3.05) is 0 Å². The van der Waals surface area contributed by atoms with Crippen LogP contribution in [0.15, 0.2) is 46.8 Å². The monoisotopic (exact) mass is 1440 g/mol. The van der Waals surface area contributed by atoms with Gasteiger partial charge in [-0.15, -0.1) is 0 Å². The Balaban J connectivity index is 0.000000252. The summed E-state index contributed by atoms with van der Waals surface area (Å²) < 4.78 is 173. The molecule has 1 saturated carbocycles. The highest BCUT2D eigenvalue weighted by molar-refractivity contribution is 7.88. The summed E-state index contributed by atoms with van der Waals surface area (Å²) in [5.74, 6) is 2.23. The Labute approximate surface area is 589 Å². The molecule has 0 bridgehead atoms. The quantitative estimate of drug-likeness (QED) is 0.102. The molecule has 5 atom stereocenters. The Morgan fingerprint density at radius 1 is 0.378 bits per heavy atom. The first-order valence-electron chi connectivity index (χ1n) is 35.1. The van der Waals surface area contributed by atoms with Crippen molar-refractivity contribution in [2.45, 2.75) is 341 Å². The number of halogens is 6. The first-order valence-corrected chi connectivity index (χ1v) is 37.9. The molecule has 0 spiro atoms. The maximum Gasteiger partial charge on any atom is 0.534 e. The number of ketones is 1. The predicted molar refractivity (Wildman–Crippen MR) is 379 cm³/mol. The zero-order chi connectivity index (χ0) is 76.3. The Kier molecular flexibility index (Phi) is 26.9. The van der Waals surface area contributed by atoms with Crippen LogP contribution in [0.2, 0.25) is 0 Å². The number of rotatable bonds is 7. The van der Waals surface area contributed by atoms with Crippen molar-refractivity contribution in [2.24, 2.45) is 56.7 Å². The van der Waals surface area contributed by atoms with E-state index in [-0.39, 0.29) is 117 Å². The second kappa shape index (κ2) is 29.9. The summed E-state index contributed by atoms with van der Waals surface area (Å²) in [6.45, 7) is 64.6. The van der Waals surface area contributed by atoms with Crippen LogP contribution in [0.25, 0.3) is 0 Å². The molecule has 98 heavy (non-hydrogen) atoms. The lowest BCUT2D eigenvalue weighted by molar-refractivity contribution is -0.124. The van der Waals surface area contributed by atoms with Crippen molar-refractivity contribution in [1.82, 2.24) is 0 Å². The van der Waals surface area contributed by atoms with Crippen LogP contribution in [0.5, 0.6) is 0 Å². The first-order chi connectivity index (χ1) is 43.3. The topological polar surface area (TPSA) is 178 Å². The van der Waals surface area contributed by atoms with Crippen LogP contribution in [0, 0.1) is 56.7 Å². The standard InChI is InChI=1S/2C15H27BO2.C12H24B2O4.2C10H15F3O3S.C9H16O/c2*1-11-8-12(10-13(2,3)9-11)16-17-14(4,5)15(6,7)18-16;1-9(2)10(3,4)16-13(15-9)14-17-11(5,6)12(7,8)18-14;2*1-7-4-8(6-9(2,3)5-7)16-17(14,15)10(11,12)13;1-7-4-8(10)6-9(2,3)5-7/h10-11H,8-9H2,1-7H3;8,11H,9-10H2,1-7H3;1-8H3;6-7H,4-5H2,1-3H3;4,7H,5-6H2,1-3H3;7H,4-6H2,1-3H3. The lowest BCUT2D eigenvalue weighted by Crippen LogP contribution is -2.41. The zero-order valence-corrected chi connectivity index (χ0v) is 67.1. The van der Waals surface area contributed by atoms with Crippen molar-refractivity contribution in [3.05, 3.63) is 46.8 Å². The first kappa shape index (κ1) is 88.1. The van der Waals surface area contributed by atoms with Gasteiger partial charge < -0.3 is 45.6 Å². The average Bonchev–Trinajstić information content (AvgIpc) is 1.61. The molecular formula is C71H124B4F6O15S2. The minimum Gasteiger partial charge on any atom is -0.405 e. The number of hydrogen-bond donors (Lipinski definition) is 0. The lowest BCUT2D eigenvalue weighted by Gasteiger charge is -2.34. The highest BCUT2D eigenvalue weighted by Gasteiger charge is 2.64. The Morgan fingerprint density at radius 3 is 1.01 bits per heavy atom. The molecular weight excluding hydrogens is 1310 g/mol. The van der Waals surface area contributed by atoms with E-state index in [0.29, 0.717) is 29.0 Å². The number of hydrogen-bond acceptors (Lipinski definition) is 15. The third-order valence-electron chi connectivity index (χ3n) is 21.1. The minimum atomic E-state index is -5.54. The normalized spacial score (nSPS) is 30.2. The molecule has 0 N–H and O–H groups in total. The smallest absolute Gasteiger partial charge is 0.405 e. The van der Waals surface area contributed by atoms with E-state index in [9.17, 15) is 48.0 Å². The SMILES string of the molecule is CC1(C)OB(B2OC(C)(C)C(C)(C)O2)OC1(C)C.CC1C=C(B2OC(C)(C)C(C)(C)O2)CC(C)(C)C1.CC1C=C(OS(=O)(=O)C(F)(F)F)CC(C)(C)C1.CC1CC(=O)CC(C)(C)C1.CC1CC(B2OC(C)(C)C(C)(C)O2)=CC(C)(C)C1.CC1CC(OS(=O)(=O)C(F)(F)F)=CC(C)(C)C1. The fourth-order valence-corrected chi connectivity index (χ4v) is 15.6. The number of carbonyl (C=O) groups is 1. The van der Waals surface area contributed by atoms with E-state index in [1.165, 1.54) is 42.4 Å². The second-order valence-electron chi connectivity index (χ2n) is 37.5. The molecule has 5 aliphatic carbocycles. The summed E-state index contributed by atoms with van der Waals surface area (Å²) >= 11 is 0. The van der Waals surface area contributed by atoms with Crippen molar-refractivity contribution >= 4 is 54.3 Å². The number of alkyl halides is 6. The third kappa shape index (κ3) is 23.8. The average molecular weight is 1440 g/mol. The van der Waals surface area contributed by atoms with Gasteiger partial charge in [-0.25, -0.2) is 0 Å². The summed E-state index contributed by atoms with van der Waals surface area (Å²) in [5, 5.41) is 0. The summed E-state index contributed by atoms with van der Waals surface area (Å²) in [6.07, 6.45) is 17.1. The van der Waals surface area contributed by atoms with Crippen molar-refractivity contribution < 1.29 is 93.6 Å². The fourth-order valence-electron chi connectivity index (χ4n) is 14.6. The van der Waals surface area contributed by atoms with E-state index in [1.54, 1.807) is 0 Å². The van der Waals surface area contributed by atoms with Crippen molar-refractivity contribution in [1.29, 1.82) is 0 Å². The summed E-state index contributed by atoms with van der Waals surface area (Å²) in [5.41, 5.74) is -10.2. The molecule has 4 aliphatic heterocycles. The number of carbonyl (C=O) groups excluding carboxylic acids is 1. The molecule has 0 amide bonds. The maximum atomic E-state index is 12.1. The molecule has 5 unspecified atom stereocenters.